The largest absolute Gasteiger partial charge is 0.416 e. The number of alkyl halides is 6. The molecule has 2 heterocycles. The van der Waals surface area contributed by atoms with Crippen LogP contribution in [0.4, 0.5) is 26.3 Å². The second-order valence-corrected chi connectivity index (χ2v) is 7.77. The number of nitrogens with zero attached hydrogens (tertiary/aromatic N) is 4. The van der Waals surface area contributed by atoms with Gasteiger partial charge in [-0.2, -0.15) is 26.3 Å². The van der Waals surface area contributed by atoms with Crippen molar-refractivity contribution >= 4 is 29.4 Å². The monoisotopic (exact) mass is 410 g/mol. The quantitative estimate of drug-likeness (QED) is 0.574. The smallest absolute Gasteiger partial charge is 0.230 e. The Morgan fingerprint density at radius 2 is 1.62 bits per heavy atom. The van der Waals surface area contributed by atoms with Gasteiger partial charge in [-0.1, -0.05) is 0 Å². The van der Waals surface area contributed by atoms with Crippen LogP contribution in [0.2, 0.25) is 0 Å². The van der Waals surface area contributed by atoms with Gasteiger partial charge in [0, 0.05) is 10.9 Å². The lowest BCUT2D eigenvalue weighted by Gasteiger charge is -2.13. The van der Waals surface area contributed by atoms with Crippen molar-refractivity contribution in [1.82, 2.24) is 4.98 Å². The average Bonchev–Trinajstić information content (AvgIpc) is 3.15. The van der Waals surface area contributed by atoms with Crippen LogP contribution in [-0.2, 0) is 12.4 Å². The zero-order chi connectivity index (χ0) is 19.2. The van der Waals surface area contributed by atoms with Gasteiger partial charge in [-0.3, -0.25) is 0 Å². The van der Waals surface area contributed by atoms with E-state index in [0.717, 1.165) is 23.1 Å². The fourth-order valence-electron chi connectivity index (χ4n) is 2.04. The van der Waals surface area contributed by atoms with Crippen LogP contribution in [0.5, 0.6) is 0 Å². The lowest BCUT2D eigenvalue weighted by Crippen LogP contribution is -2.11. The molecule has 3 rings (SSSR count). The van der Waals surface area contributed by atoms with Crippen LogP contribution in [0.1, 0.15) is 18.1 Å². The highest BCUT2D eigenvalue weighted by atomic mass is 32.2. The number of hydrogen-bond donors (Lipinski definition) is 0. The summed E-state index contributed by atoms with van der Waals surface area (Å²) in [5, 5.41) is 8.87. The van der Waals surface area contributed by atoms with E-state index in [1.807, 2.05) is 0 Å². The molecule has 0 fully saturated rings. The lowest BCUT2D eigenvalue weighted by molar-refractivity contribution is -0.143. The molecule has 1 aromatic carbocycles. The zero-order valence-electron chi connectivity index (χ0n) is 12.8. The summed E-state index contributed by atoms with van der Waals surface area (Å²) in [4.78, 5) is 7.17. The van der Waals surface area contributed by atoms with Crippen LogP contribution in [0, 0.1) is 0 Å². The molecule has 26 heavy (non-hydrogen) atoms. The third kappa shape index (κ3) is 4.06. The highest BCUT2D eigenvalue weighted by Crippen LogP contribution is 2.42. The number of thiazole rings is 1. The van der Waals surface area contributed by atoms with E-state index < -0.39 is 28.5 Å². The molecule has 0 spiro atoms. The van der Waals surface area contributed by atoms with E-state index in [1.54, 1.807) is 6.92 Å². The molecular formula is C14H8F6N4S2. The minimum absolute atomic E-state index is 0.0108. The SMILES string of the molecule is CC1(Sc2nc(-c3cc(C(F)(F)F)cc(C(F)(F)F)c3)cs2)N=CN=N1. The van der Waals surface area contributed by atoms with Crippen LogP contribution in [0.15, 0.2) is 43.1 Å². The molecule has 12 heteroatoms. The Labute approximate surface area is 151 Å². The fourth-order valence-corrected chi connectivity index (χ4v) is 4.07. The van der Waals surface area contributed by atoms with Crippen molar-refractivity contribution < 1.29 is 26.3 Å². The maximum atomic E-state index is 13.0. The van der Waals surface area contributed by atoms with E-state index in [0.29, 0.717) is 16.5 Å². The van der Waals surface area contributed by atoms with Gasteiger partial charge in [-0.25, -0.2) is 9.98 Å². The Kier molecular flexibility index (Phi) is 4.59. The molecule has 1 unspecified atom stereocenters. The highest BCUT2D eigenvalue weighted by molar-refractivity contribution is 8.02. The number of halogens is 6. The third-order valence-electron chi connectivity index (χ3n) is 3.24. The lowest BCUT2D eigenvalue weighted by atomic mass is 10.0. The summed E-state index contributed by atoms with van der Waals surface area (Å²) in [6.07, 6.45) is -8.56. The van der Waals surface area contributed by atoms with Gasteiger partial charge in [-0.15, -0.1) is 21.6 Å². The molecule has 1 aliphatic heterocycles. The number of benzene rings is 1. The van der Waals surface area contributed by atoms with E-state index in [4.69, 9.17) is 0 Å². The molecule has 0 radical (unpaired) electrons. The molecule has 1 aliphatic rings. The summed E-state index contributed by atoms with van der Waals surface area (Å²) in [6.45, 7) is 1.65. The third-order valence-corrected chi connectivity index (χ3v) is 5.25. The Morgan fingerprint density at radius 3 is 2.12 bits per heavy atom. The van der Waals surface area contributed by atoms with Gasteiger partial charge in [0.25, 0.3) is 0 Å². The number of thioether (sulfide) groups is 1. The molecule has 0 N–H and O–H groups in total. The van der Waals surface area contributed by atoms with Gasteiger partial charge in [0.05, 0.1) is 16.8 Å². The van der Waals surface area contributed by atoms with Gasteiger partial charge >= 0.3 is 12.4 Å². The number of aromatic nitrogens is 1. The first-order valence-electron chi connectivity index (χ1n) is 6.86. The maximum absolute atomic E-state index is 13.0. The molecule has 0 bridgehead atoms. The second kappa shape index (κ2) is 6.34. The molecular weight excluding hydrogens is 402 g/mol. The number of hydrogen-bond acceptors (Lipinski definition) is 6. The van der Waals surface area contributed by atoms with Crippen molar-refractivity contribution in [3.05, 3.63) is 34.7 Å². The molecule has 0 saturated heterocycles. The topological polar surface area (TPSA) is 50.0 Å². The maximum Gasteiger partial charge on any atom is 0.416 e. The van der Waals surface area contributed by atoms with Gasteiger partial charge < -0.3 is 0 Å². The molecule has 138 valence electrons. The van der Waals surface area contributed by atoms with E-state index in [-0.39, 0.29) is 17.3 Å². The minimum atomic E-state index is -4.91. The summed E-state index contributed by atoms with van der Waals surface area (Å²) in [5.41, 5.74) is -3.02. The van der Waals surface area contributed by atoms with Crippen LogP contribution < -0.4 is 0 Å². The molecule has 2 aromatic rings. The minimum Gasteiger partial charge on any atom is -0.230 e. The van der Waals surface area contributed by atoms with Gasteiger partial charge in [-0.05, 0) is 36.9 Å². The summed E-state index contributed by atoms with van der Waals surface area (Å²) in [7, 11) is 0. The molecule has 0 saturated carbocycles. The van der Waals surface area contributed by atoms with Crippen molar-refractivity contribution in [1.29, 1.82) is 0 Å². The zero-order valence-corrected chi connectivity index (χ0v) is 14.4. The predicted molar refractivity (Wildman–Crippen MR) is 85.2 cm³/mol. The highest BCUT2D eigenvalue weighted by Gasteiger charge is 2.37. The molecule has 4 nitrogen and oxygen atoms in total. The summed E-state index contributed by atoms with van der Waals surface area (Å²) < 4.78 is 78.1. The van der Waals surface area contributed by atoms with Crippen LogP contribution in [-0.4, -0.2) is 16.3 Å². The van der Waals surface area contributed by atoms with Gasteiger partial charge in [0.15, 0.2) is 4.34 Å². The molecule has 1 atom stereocenters. The molecule has 1 aromatic heterocycles. The standard InChI is InChI=1S/C14H8F6N4S2/c1-12(21-6-22-24-12)26-11-23-10(5-25-11)7-2-8(13(15,16)17)4-9(3-7)14(18,19)20/h2-6H,1H3. The molecule has 0 amide bonds. The first-order chi connectivity index (χ1) is 12.0. The summed E-state index contributed by atoms with van der Waals surface area (Å²) >= 11 is 2.16. The first-order valence-corrected chi connectivity index (χ1v) is 8.56. The van der Waals surface area contributed by atoms with Crippen molar-refractivity contribution in [2.24, 2.45) is 15.2 Å². The number of azo groups is 1. The first kappa shape index (κ1) is 18.8. The van der Waals surface area contributed by atoms with Crippen molar-refractivity contribution in [2.75, 3.05) is 0 Å². The molecule has 0 aliphatic carbocycles. The van der Waals surface area contributed by atoms with Crippen LogP contribution in [0.3, 0.4) is 0 Å². The number of rotatable bonds is 3. The Balaban J connectivity index is 1.98. The number of aliphatic imine (C=N–C) groups is 1. The summed E-state index contributed by atoms with van der Waals surface area (Å²) in [5.74, 6) is 0. The van der Waals surface area contributed by atoms with Crippen LogP contribution >= 0.6 is 23.1 Å². The van der Waals surface area contributed by atoms with Crippen LogP contribution in [0.25, 0.3) is 11.3 Å². The van der Waals surface area contributed by atoms with Crippen molar-refractivity contribution in [2.45, 2.75) is 28.6 Å². The fraction of sp³-hybridized carbons (Fsp3) is 0.286. The Morgan fingerprint density at radius 1 is 1.00 bits per heavy atom. The van der Waals surface area contributed by atoms with Crippen molar-refractivity contribution in [3.8, 4) is 11.3 Å². The van der Waals surface area contributed by atoms with Gasteiger partial charge in [0.2, 0.25) is 4.99 Å². The Bertz CT molecular complexity index is 840. The van der Waals surface area contributed by atoms with E-state index in [2.05, 4.69) is 20.2 Å². The van der Waals surface area contributed by atoms with E-state index in [9.17, 15) is 26.3 Å². The second-order valence-electron chi connectivity index (χ2n) is 5.29. The van der Waals surface area contributed by atoms with E-state index in [1.165, 1.54) is 11.7 Å². The Hall–Kier alpha value is -1.95. The average molecular weight is 410 g/mol. The van der Waals surface area contributed by atoms with Crippen molar-refractivity contribution in [3.63, 3.8) is 0 Å². The van der Waals surface area contributed by atoms with Gasteiger partial charge in [0.1, 0.15) is 6.34 Å². The summed E-state index contributed by atoms with van der Waals surface area (Å²) in [6, 6.07) is 1.38. The predicted octanol–water partition coefficient (Wildman–Crippen LogP) is 6.11. The van der Waals surface area contributed by atoms with E-state index >= 15 is 0 Å². The normalized spacial score (nSPS) is 20.1.